The number of halogens is 4. The fraction of sp³-hybridized carbons (Fsp3) is 0.267. The van der Waals surface area contributed by atoms with Crippen LogP contribution in [0.3, 0.4) is 0 Å². The van der Waals surface area contributed by atoms with E-state index in [4.69, 9.17) is 25.8 Å². The summed E-state index contributed by atoms with van der Waals surface area (Å²) in [4.78, 5) is 15.7. The Bertz CT molecular complexity index is 1450. The molecule has 0 saturated carbocycles. The first-order valence-electron chi connectivity index (χ1n) is 12.7. The largest absolute Gasteiger partial charge is 0.461 e. The second kappa shape index (κ2) is 10.1. The second-order valence-electron chi connectivity index (χ2n) is 9.83. The summed E-state index contributed by atoms with van der Waals surface area (Å²) in [5, 5.41) is 0. The van der Waals surface area contributed by atoms with Gasteiger partial charge in [-0.3, -0.25) is 9.36 Å². The van der Waals surface area contributed by atoms with E-state index in [1.54, 1.807) is 0 Å². The molecule has 3 aromatic carbocycles. The van der Waals surface area contributed by atoms with Crippen LogP contribution in [0, 0.1) is 0 Å². The lowest BCUT2D eigenvalue weighted by Gasteiger charge is -2.42. The van der Waals surface area contributed by atoms with E-state index in [9.17, 15) is 18.0 Å². The Morgan fingerprint density at radius 3 is 1.93 bits per heavy atom. The fourth-order valence-corrected chi connectivity index (χ4v) is 5.80. The van der Waals surface area contributed by atoms with Gasteiger partial charge in [0.05, 0.1) is 12.0 Å². The molecule has 40 heavy (non-hydrogen) atoms. The van der Waals surface area contributed by atoms with Crippen molar-refractivity contribution in [2.45, 2.75) is 36.1 Å². The smallest absolute Gasteiger partial charge is 0.423 e. The van der Waals surface area contributed by atoms with Crippen LogP contribution < -0.4 is 10.3 Å². The molecule has 0 spiro atoms. The Morgan fingerprint density at radius 2 is 1.45 bits per heavy atom. The zero-order valence-electron chi connectivity index (χ0n) is 21.1. The average Bonchev–Trinajstić information content (AvgIpc) is 3.25. The maximum absolute atomic E-state index is 13.6. The maximum Gasteiger partial charge on any atom is 0.423 e. The summed E-state index contributed by atoms with van der Waals surface area (Å²) in [6, 6.07) is 28.8. The van der Waals surface area contributed by atoms with Crippen molar-refractivity contribution in [1.82, 2.24) is 9.55 Å². The average molecular weight is 569 g/mol. The lowest BCUT2D eigenvalue weighted by molar-refractivity contribution is -0.142. The third-order valence-corrected chi connectivity index (χ3v) is 7.89. The molecule has 0 N–H and O–H groups in total. The van der Waals surface area contributed by atoms with Crippen molar-refractivity contribution in [3.8, 4) is 6.01 Å². The number of benzene rings is 3. The van der Waals surface area contributed by atoms with Gasteiger partial charge in [-0.1, -0.05) is 91.0 Å². The number of ether oxygens (including phenoxy) is 3. The lowest BCUT2D eigenvalue weighted by atomic mass is 9.79. The van der Waals surface area contributed by atoms with E-state index < -0.39 is 40.8 Å². The van der Waals surface area contributed by atoms with Gasteiger partial charge in [-0.05, 0) is 16.7 Å². The number of hydrogen-bond donors (Lipinski definition) is 0. The molecule has 6 rings (SSSR count). The Hall–Kier alpha value is -3.66. The SMILES string of the molecule is O=c1nc2n(cc1C(F)(F)F)[C@H]1C[C@H](OC(c3ccccc3)(c3ccccc3)c3ccccc3)[C@@](CCl)(CO2)O1. The van der Waals surface area contributed by atoms with Gasteiger partial charge in [0.15, 0.2) is 0 Å². The first-order valence-corrected chi connectivity index (χ1v) is 13.2. The van der Waals surface area contributed by atoms with Crippen LogP contribution in [-0.4, -0.2) is 33.7 Å². The summed E-state index contributed by atoms with van der Waals surface area (Å²) >= 11 is 6.52. The molecule has 0 unspecified atom stereocenters. The molecule has 3 atom stereocenters. The predicted octanol–water partition coefficient (Wildman–Crippen LogP) is 5.93. The second-order valence-corrected chi connectivity index (χ2v) is 10.1. The van der Waals surface area contributed by atoms with Crippen molar-refractivity contribution >= 4 is 11.6 Å². The molecule has 4 aromatic rings. The molecule has 10 heteroatoms. The van der Waals surface area contributed by atoms with E-state index >= 15 is 0 Å². The summed E-state index contributed by atoms with van der Waals surface area (Å²) < 4.78 is 61.1. The molecule has 0 radical (unpaired) electrons. The summed E-state index contributed by atoms with van der Waals surface area (Å²) in [5.41, 5.74) is -2.64. The van der Waals surface area contributed by atoms with Crippen LogP contribution in [0.15, 0.2) is 102 Å². The number of nitrogens with zero attached hydrogens (tertiary/aromatic N) is 2. The van der Waals surface area contributed by atoms with Crippen LogP contribution >= 0.6 is 11.6 Å². The zero-order chi connectivity index (χ0) is 28.0. The van der Waals surface area contributed by atoms with Crippen molar-refractivity contribution in [3.05, 3.63) is 130 Å². The normalized spacial score (nSPS) is 22.3. The molecule has 1 fully saturated rings. The van der Waals surface area contributed by atoms with E-state index in [0.717, 1.165) is 21.3 Å². The van der Waals surface area contributed by atoms with E-state index in [-0.39, 0.29) is 24.9 Å². The molecule has 0 aliphatic carbocycles. The van der Waals surface area contributed by atoms with Gasteiger partial charge in [0.1, 0.15) is 29.6 Å². The topological polar surface area (TPSA) is 62.6 Å². The van der Waals surface area contributed by atoms with Gasteiger partial charge in [-0.15, -0.1) is 11.6 Å². The standard InChI is InChI=1S/C30H24ClF3N2O4/c31-18-28-19-38-27-35-26(37)23(30(32,33)34)17-36(27)25(40-28)16-24(28)39-29(20-10-4-1-5-11-20,21-12-6-2-7-13-21)22-14-8-3-9-15-22/h1-15,17,24-25H,16,18-19H2/t24-,25+,28+/m0/s1. The van der Waals surface area contributed by atoms with Crippen molar-refractivity contribution in [2.24, 2.45) is 0 Å². The van der Waals surface area contributed by atoms with E-state index in [2.05, 4.69) is 4.98 Å². The molecule has 2 aliphatic heterocycles. The summed E-state index contributed by atoms with van der Waals surface area (Å²) in [6.07, 6.45) is -5.74. The number of alkyl halides is 4. The van der Waals surface area contributed by atoms with Crippen LogP contribution in [0.25, 0.3) is 0 Å². The van der Waals surface area contributed by atoms with E-state index in [0.29, 0.717) is 6.20 Å². The highest BCUT2D eigenvalue weighted by Crippen LogP contribution is 2.49. The number of aromatic nitrogens is 2. The molecule has 1 aromatic heterocycles. The van der Waals surface area contributed by atoms with Crippen molar-refractivity contribution in [1.29, 1.82) is 0 Å². The highest BCUT2D eigenvalue weighted by atomic mass is 35.5. The molecular formula is C30H24ClF3N2O4. The van der Waals surface area contributed by atoms with Gasteiger partial charge in [-0.2, -0.15) is 18.2 Å². The Balaban J connectivity index is 1.50. The van der Waals surface area contributed by atoms with Crippen LogP contribution in [-0.2, 0) is 21.3 Å². The minimum atomic E-state index is -4.89. The van der Waals surface area contributed by atoms with Crippen LogP contribution in [0.1, 0.15) is 34.9 Å². The zero-order valence-corrected chi connectivity index (χ0v) is 21.8. The molecular weight excluding hydrogens is 545 g/mol. The lowest BCUT2D eigenvalue weighted by Crippen LogP contribution is -2.51. The van der Waals surface area contributed by atoms with Crippen LogP contribution in [0.2, 0.25) is 0 Å². The monoisotopic (exact) mass is 568 g/mol. The molecule has 1 saturated heterocycles. The summed E-state index contributed by atoms with van der Waals surface area (Å²) in [5.74, 6) is -0.0759. The number of fused-ring (bicyclic) bond motifs is 4. The third-order valence-electron chi connectivity index (χ3n) is 7.44. The molecule has 2 bridgehead atoms. The molecule has 6 nitrogen and oxygen atoms in total. The summed E-state index contributed by atoms with van der Waals surface area (Å²) in [6.45, 7) is -0.177. The predicted molar refractivity (Wildman–Crippen MR) is 141 cm³/mol. The molecule has 206 valence electrons. The van der Waals surface area contributed by atoms with Crippen LogP contribution in [0.4, 0.5) is 13.2 Å². The minimum absolute atomic E-state index is 0.0759. The highest BCUT2D eigenvalue weighted by Gasteiger charge is 2.56. The van der Waals surface area contributed by atoms with Gasteiger partial charge in [-0.25, -0.2) is 0 Å². The minimum Gasteiger partial charge on any atom is -0.461 e. The Labute approximate surface area is 232 Å². The summed E-state index contributed by atoms with van der Waals surface area (Å²) in [7, 11) is 0. The van der Waals surface area contributed by atoms with Gasteiger partial charge in [0.2, 0.25) is 0 Å². The molecule has 0 amide bonds. The van der Waals surface area contributed by atoms with E-state index in [1.165, 1.54) is 0 Å². The maximum atomic E-state index is 13.6. The van der Waals surface area contributed by atoms with Crippen molar-refractivity contribution in [2.75, 3.05) is 12.5 Å². The van der Waals surface area contributed by atoms with Gasteiger partial charge in [0.25, 0.3) is 5.56 Å². The molecule has 3 heterocycles. The highest BCUT2D eigenvalue weighted by molar-refractivity contribution is 6.18. The first kappa shape index (κ1) is 26.6. The third kappa shape index (κ3) is 4.38. The van der Waals surface area contributed by atoms with Crippen molar-refractivity contribution < 1.29 is 27.4 Å². The van der Waals surface area contributed by atoms with E-state index in [1.807, 2.05) is 91.0 Å². The first-order chi connectivity index (χ1) is 19.3. The number of rotatable bonds is 6. The number of hydrogen-bond acceptors (Lipinski definition) is 5. The molecule has 2 aliphatic rings. The quantitative estimate of drug-likeness (QED) is 0.213. The Morgan fingerprint density at radius 1 is 0.925 bits per heavy atom. The van der Waals surface area contributed by atoms with Gasteiger partial charge in [0, 0.05) is 12.6 Å². The van der Waals surface area contributed by atoms with Gasteiger partial charge < -0.3 is 14.2 Å². The van der Waals surface area contributed by atoms with Crippen LogP contribution in [0.5, 0.6) is 6.01 Å². The van der Waals surface area contributed by atoms with Crippen molar-refractivity contribution in [3.63, 3.8) is 0 Å². The fourth-order valence-electron chi connectivity index (χ4n) is 5.49. The Kier molecular flexibility index (Phi) is 6.68. The van der Waals surface area contributed by atoms with Gasteiger partial charge >= 0.3 is 12.2 Å².